The van der Waals surface area contributed by atoms with Crippen molar-refractivity contribution in [2.75, 3.05) is 19.3 Å². The molecular formula is C15H18F3NO3S. The van der Waals surface area contributed by atoms with Crippen molar-refractivity contribution in [3.05, 3.63) is 29.3 Å². The molecule has 3 rings (SSSR count). The maximum Gasteiger partial charge on any atom is 0.490 e. The van der Waals surface area contributed by atoms with Gasteiger partial charge in [0.25, 0.3) is 0 Å². The van der Waals surface area contributed by atoms with Gasteiger partial charge >= 0.3 is 12.1 Å². The first-order chi connectivity index (χ1) is 10.7. The fourth-order valence-corrected chi connectivity index (χ4v) is 3.52. The molecule has 2 N–H and O–H groups in total. The smallest absolute Gasteiger partial charge is 0.475 e. The summed E-state index contributed by atoms with van der Waals surface area (Å²) in [5, 5.41) is 10.6. The van der Waals surface area contributed by atoms with Gasteiger partial charge in [0, 0.05) is 23.9 Å². The average Bonchev–Trinajstić information content (AvgIpc) is 2.88. The van der Waals surface area contributed by atoms with E-state index in [1.807, 2.05) is 11.8 Å². The van der Waals surface area contributed by atoms with Crippen LogP contribution in [0.1, 0.15) is 24.0 Å². The Morgan fingerprint density at radius 2 is 2.13 bits per heavy atom. The van der Waals surface area contributed by atoms with E-state index in [0.717, 1.165) is 19.7 Å². The maximum absolute atomic E-state index is 10.6. The van der Waals surface area contributed by atoms with Crippen molar-refractivity contribution in [1.29, 1.82) is 0 Å². The molecule has 2 aliphatic rings. The Labute approximate surface area is 136 Å². The third-order valence-electron chi connectivity index (χ3n) is 4.11. The number of carboxylic acid groups (broad SMARTS) is 1. The molecule has 8 heteroatoms. The minimum atomic E-state index is -5.08. The number of thioether (sulfide) groups is 1. The number of rotatable bonds is 1. The molecule has 2 heterocycles. The first-order valence-electron chi connectivity index (χ1n) is 6.99. The molecule has 128 valence electrons. The summed E-state index contributed by atoms with van der Waals surface area (Å²) in [6.07, 6.45) is -2.95. The summed E-state index contributed by atoms with van der Waals surface area (Å²) in [4.78, 5) is 10.3. The van der Waals surface area contributed by atoms with Crippen molar-refractivity contribution in [1.82, 2.24) is 5.32 Å². The Morgan fingerprint density at radius 1 is 1.48 bits per heavy atom. The van der Waals surface area contributed by atoms with Crippen molar-refractivity contribution in [3.8, 4) is 0 Å². The van der Waals surface area contributed by atoms with Gasteiger partial charge in [-0.25, -0.2) is 4.79 Å². The van der Waals surface area contributed by atoms with E-state index in [-0.39, 0.29) is 5.60 Å². The lowest BCUT2D eigenvalue weighted by molar-refractivity contribution is -0.192. The molecule has 4 nitrogen and oxygen atoms in total. The molecule has 0 amide bonds. The quantitative estimate of drug-likeness (QED) is 0.764. The number of carbonyl (C=O) groups is 1. The molecule has 0 spiro atoms. The summed E-state index contributed by atoms with van der Waals surface area (Å²) in [5.41, 5.74) is 2.90. The maximum atomic E-state index is 10.6. The minimum absolute atomic E-state index is 0.00400. The highest BCUT2D eigenvalue weighted by atomic mass is 32.2. The SMILES string of the molecule is CSc1cccc2c1COC1(C)CNCC21.O=C(O)C(F)(F)F. The minimum Gasteiger partial charge on any atom is -0.475 e. The molecule has 0 saturated carbocycles. The number of nitrogens with one attached hydrogen (secondary N) is 1. The topological polar surface area (TPSA) is 58.6 Å². The standard InChI is InChI=1S/C13H17NOS.C2HF3O2/c1-13-8-14-6-11(13)9-4-3-5-12(16-2)10(9)7-15-13;3-2(4,5)1(6)7/h3-5,11,14H,6-8H2,1-2H3;(H,6,7). The zero-order valence-electron chi connectivity index (χ0n) is 12.7. The Kier molecular flexibility index (Phi) is 5.27. The van der Waals surface area contributed by atoms with Gasteiger partial charge in [0.15, 0.2) is 0 Å². The summed E-state index contributed by atoms with van der Waals surface area (Å²) in [6, 6.07) is 6.64. The summed E-state index contributed by atoms with van der Waals surface area (Å²) < 4.78 is 37.8. The molecule has 0 bridgehead atoms. The predicted molar refractivity (Wildman–Crippen MR) is 80.7 cm³/mol. The van der Waals surface area contributed by atoms with Crippen LogP contribution in [-0.2, 0) is 16.1 Å². The van der Waals surface area contributed by atoms with Gasteiger partial charge in [-0.1, -0.05) is 12.1 Å². The second-order valence-electron chi connectivity index (χ2n) is 5.62. The number of carboxylic acids is 1. The van der Waals surface area contributed by atoms with Gasteiger partial charge in [0.05, 0.1) is 12.2 Å². The van der Waals surface area contributed by atoms with E-state index >= 15 is 0 Å². The number of fused-ring (bicyclic) bond motifs is 3. The Balaban J connectivity index is 0.000000236. The lowest BCUT2D eigenvalue weighted by Gasteiger charge is -2.37. The van der Waals surface area contributed by atoms with Gasteiger partial charge < -0.3 is 15.2 Å². The van der Waals surface area contributed by atoms with Crippen LogP contribution in [0.5, 0.6) is 0 Å². The third kappa shape index (κ3) is 3.81. The first-order valence-corrected chi connectivity index (χ1v) is 8.22. The van der Waals surface area contributed by atoms with Gasteiger partial charge in [-0.15, -0.1) is 11.8 Å². The molecule has 2 unspecified atom stereocenters. The molecule has 1 saturated heterocycles. The molecule has 1 aromatic carbocycles. The molecule has 0 aliphatic carbocycles. The summed E-state index contributed by atoms with van der Waals surface area (Å²) in [5.74, 6) is -2.24. The molecule has 1 aromatic rings. The Morgan fingerprint density at radius 3 is 2.70 bits per heavy atom. The van der Waals surface area contributed by atoms with E-state index in [1.54, 1.807) is 0 Å². The van der Waals surface area contributed by atoms with Gasteiger partial charge in [0.2, 0.25) is 0 Å². The normalized spacial score (nSPS) is 25.9. The van der Waals surface area contributed by atoms with E-state index in [4.69, 9.17) is 14.6 Å². The second kappa shape index (κ2) is 6.70. The number of alkyl halides is 3. The summed E-state index contributed by atoms with van der Waals surface area (Å²) in [7, 11) is 0. The lowest BCUT2D eigenvalue weighted by atomic mass is 9.81. The molecule has 1 fully saturated rings. The molecule has 2 aliphatic heterocycles. The molecule has 2 atom stereocenters. The third-order valence-corrected chi connectivity index (χ3v) is 4.94. The summed E-state index contributed by atoms with van der Waals surface area (Å²) >= 11 is 1.82. The lowest BCUT2D eigenvalue weighted by Crippen LogP contribution is -2.39. The number of benzene rings is 1. The van der Waals surface area contributed by atoms with E-state index in [2.05, 4.69) is 36.7 Å². The molecule has 0 radical (unpaired) electrons. The average molecular weight is 349 g/mol. The van der Waals surface area contributed by atoms with Crippen LogP contribution in [0.25, 0.3) is 0 Å². The van der Waals surface area contributed by atoms with Crippen LogP contribution < -0.4 is 5.32 Å². The first kappa shape index (κ1) is 18.1. The van der Waals surface area contributed by atoms with Gasteiger partial charge in [-0.2, -0.15) is 13.2 Å². The van der Waals surface area contributed by atoms with E-state index in [0.29, 0.717) is 5.92 Å². The van der Waals surface area contributed by atoms with Gasteiger partial charge in [-0.05, 0) is 30.4 Å². The molecule has 23 heavy (non-hydrogen) atoms. The van der Waals surface area contributed by atoms with Crippen LogP contribution in [0, 0.1) is 0 Å². The highest BCUT2D eigenvalue weighted by Crippen LogP contribution is 2.43. The highest BCUT2D eigenvalue weighted by molar-refractivity contribution is 7.98. The number of ether oxygens (including phenoxy) is 1. The van der Waals surface area contributed by atoms with Crippen LogP contribution >= 0.6 is 11.8 Å². The van der Waals surface area contributed by atoms with Crippen molar-refractivity contribution in [2.45, 2.75) is 36.1 Å². The number of aliphatic carboxylic acids is 1. The van der Waals surface area contributed by atoms with E-state index in [1.165, 1.54) is 16.0 Å². The van der Waals surface area contributed by atoms with Gasteiger partial charge in [0.1, 0.15) is 0 Å². The Hall–Kier alpha value is -1.25. The zero-order valence-corrected chi connectivity index (χ0v) is 13.6. The molecule has 0 aromatic heterocycles. The monoisotopic (exact) mass is 349 g/mol. The number of hydrogen-bond donors (Lipinski definition) is 2. The number of hydrogen-bond acceptors (Lipinski definition) is 4. The van der Waals surface area contributed by atoms with Crippen molar-refractivity contribution >= 4 is 17.7 Å². The number of halogens is 3. The molecular weight excluding hydrogens is 331 g/mol. The zero-order chi connectivity index (χ0) is 17.3. The predicted octanol–water partition coefficient (Wildman–Crippen LogP) is 3.02. The van der Waals surface area contributed by atoms with Crippen LogP contribution in [0.2, 0.25) is 0 Å². The van der Waals surface area contributed by atoms with Crippen molar-refractivity contribution < 1.29 is 27.8 Å². The fourth-order valence-electron chi connectivity index (χ4n) is 2.89. The van der Waals surface area contributed by atoms with Crippen LogP contribution in [0.15, 0.2) is 23.1 Å². The van der Waals surface area contributed by atoms with Crippen molar-refractivity contribution in [2.24, 2.45) is 0 Å². The van der Waals surface area contributed by atoms with E-state index < -0.39 is 12.1 Å². The fraction of sp³-hybridized carbons (Fsp3) is 0.533. The van der Waals surface area contributed by atoms with Crippen LogP contribution in [0.4, 0.5) is 13.2 Å². The largest absolute Gasteiger partial charge is 0.490 e. The summed E-state index contributed by atoms with van der Waals surface area (Å²) in [6.45, 7) is 5.01. The van der Waals surface area contributed by atoms with Gasteiger partial charge in [-0.3, -0.25) is 0 Å². The van der Waals surface area contributed by atoms with Crippen LogP contribution in [0.3, 0.4) is 0 Å². The van der Waals surface area contributed by atoms with Crippen molar-refractivity contribution in [3.63, 3.8) is 0 Å². The van der Waals surface area contributed by atoms with E-state index in [9.17, 15) is 13.2 Å². The Bertz CT molecular complexity index is 594. The highest BCUT2D eigenvalue weighted by Gasteiger charge is 2.44. The second-order valence-corrected chi connectivity index (χ2v) is 6.46. The van der Waals surface area contributed by atoms with Crippen LogP contribution in [-0.4, -0.2) is 42.2 Å².